The van der Waals surface area contributed by atoms with Crippen LogP contribution in [0.25, 0.3) is 0 Å². The molecule has 0 fully saturated rings. The smallest absolute Gasteiger partial charge is 0.409 e. The van der Waals surface area contributed by atoms with E-state index in [2.05, 4.69) is 10.1 Å². The van der Waals surface area contributed by atoms with Crippen LogP contribution < -0.4 is 5.49 Å². The summed E-state index contributed by atoms with van der Waals surface area (Å²) in [6.45, 7) is 0. The van der Waals surface area contributed by atoms with Gasteiger partial charge in [0.25, 0.3) is 0 Å². The molecule has 0 saturated carbocycles. The SMILES string of the molecule is O/N=c1\ccc(C(F)(F)F)c[nH]1. The van der Waals surface area contributed by atoms with Gasteiger partial charge in [0, 0.05) is 6.20 Å². The fourth-order valence-electron chi connectivity index (χ4n) is 0.655. The highest BCUT2D eigenvalue weighted by Crippen LogP contribution is 2.27. The number of hydrogen-bond donors (Lipinski definition) is 2. The zero-order chi connectivity index (χ0) is 9.19. The minimum Gasteiger partial charge on any atom is -0.409 e. The van der Waals surface area contributed by atoms with Crippen molar-refractivity contribution in [1.29, 1.82) is 0 Å². The van der Waals surface area contributed by atoms with Crippen molar-refractivity contribution in [2.75, 3.05) is 0 Å². The molecule has 1 aromatic rings. The van der Waals surface area contributed by atoms with Crippen LogP contribution in [-0.2, 0) is 6.18 Å². The summed E-state index contributed by atoms with van der Waals surface area (Å²) in [6.07, 6.45) is -3.64. The first-order chi connectivity index (χ1) is 5.54. The lowest BCUT2D eigenvalue weighted by molar-refractivity contribution is -0.137. The van der Waals surface area contributed by atoms with Crippen LogP contribution in [0.2, 0.25) is 0 Å². The lowest BCUT2D eigenvalue weighted by Gasteiger charge is -2.04. The first-order valence-corrected chi connectivity index (χ1v) is 2.98. The summed E-state index contributed by atoms with van der Waals surface area (Å²) in [7, 11) is 0. The van der Waals surface area contributed by atoms with Crippen molar-refractivity contribution in [3.8, 4) is 0 Å². The van der Waals surface area contributed by atoms with E-state index in [4.69, 9.17) is 5.21 Å². The molecular formula is C6H5F3N2O. The molecule has 0 aliphatic heterocycles. The van der Waals surface area contributed by atoms with Crippen LogP contribution >= 0.6 is 0 Å². The van der Waals surface area contributed by atoms with Crippen molar-refractivity contribution >= 4 is 0 Å². The lowest BCUT2D eigenvalue weighted by Crippen LogP contribution is -2.11. The molecule has 0 spiro atoms. The minimum absolute atomic E-state index is 0.0250. The number of pyridine rings is 1. The molecule has 1 rings (SSSR count). The first-order valence-electron chi connectivity index (χ1n) is 2.98. The molecule has 0 radical (unpaired) electrons. The van der Waals surface area contributed by atoms with Crippen molar-refractivity contribution in [3.63, 3.8) is 0 Å². The summed E-state index contributed by atoms with van der Waals surface area (Å²) in [6, 6.07) is 1.86. The van der Waals surface area contributed by atoms with Gasteiger partial charge in [0.1, 0.15) is 0 Å². The largest absolute Gasteiger partial charge is 0.417 e. The van der Waals surface area contributed by atoms with Gasteiger partial charge < -0.3 is 10.2 Å². The first kappa shape index (κ1) is 8.63. The number of nitrogens with one attached hydrogen (secondary N) is 1. The van der Waals surface area contributed by atoms with Gasteiger partial charge in [-0.05, 0) is 12.1 Å². The molecule has 1 heterocycles. The van der Waals surface area contributed by atoms with E-state index in [1.54, 1.807) is 0 Å². The number of halogens is 3. The van der Waals surface area contributed by atoms with Crippen LogP contribution in [-0.4, -0.2) is 10.2 Å². The zero-order valence-corrected chi connectivity index (χ0v) is 5.76. The molecule has 0 atom stereocenters. The summed E-state index contributed by atoms with van der Waals surface area (Å²) in [5.41, 5.74) is -0.835. The van der Waals surface area contributed by atoms with Crippen molar-refractivity contribution in [2.45, 2.75) is 6.18 Å². The molecule has 66 valence electrons. The molecule has 0 aliphatic carbocycles. The maximum absolute atomic E-state index is 11.9. The second kappa shape index (κ2) is 2.88. The summed E-state index contributed by atoms with van der Waals surface area (Å²) in [5, 5.41) is 10.8. The average Bonchev–Trinajstić information content (AvgIpc) is 2.03. The van der Waals surface area contributed by atoms with Crippen LogP contribution in [0.3, 0.4) is 0 Å². The fraction of sp³-hybridized carbons (Fsp3) is 0.167. The number of aromatic nitrogens is 1. The zero-order valence-electron chi connectivity index (χ0n) is 5.76. The summed E-state index contributed by atoms with van der Waals surface area (Å²) in [4.78, 5) is 2.16. The van der Waals surface area contributed by atoms with Crippen LogP contribution in [0.1, 0.15) is 5.56 Å². The second-order valence-electron chi connectivity index (χ2n) is 2.06. The van der Waals surface area contributed by atoms with Gasteiger partial charge in [0.15, 0.2) is 5.49 Å². The second-order valence-corrected chi connectivity index (χ2v) is 2.06. The molecule has 0 unspecified atom stereocenters. The van der Waals surface area contributed by atoms with Crippen molar-refractivity contribution in [1.82, 2.24) is 4.98 Å². The third-order valence-corrected chi connectivity index (χ3v) is 1.23. The molecule has 0 aromatic carbocycles. The molecule has 3 nitrogen and oxygen atoms in total. The number of hydrogen-bond acceptors (Lipinski definition) is 2. The third-order valence-electron chi connectivity index (χ3n) is 1.23. The number of alkyl halides is 3. The Morgan fingerprint density at radius 3 is 2.33 bits per heavy atom. The molecule has 0 aliphatic rings. The average molecular weight is 178 g/mol. The number of nitrogens with zero attached hydrogens (tertiary/aromatic N) is 1. The van der Waals surface area contributed by atoms with Crippen LogP contribution in [0.4, 0.5) is 13.2 Å². The van der Waals surface area contributed by atoms with Gasteiger partial charge in [0.05, 0.1) is 5.56 Å². The molecule has 6 heteroatoms. The van der Waals surface area contributed by atoms with Crippen molar-refractivity contribution in [2.24, 2.45) is 5.16 Å². The summed E-state index contributed by atoms with van der Waals surface area (Å²) in [5.74, 6) is 0. The minimum atomic E-state index is -4.37. The Hall–Kier alpha value is -1.46. The van der Waals surface area contributed by atoms with Gasteiger partial charge in [-0.1, -0.05) is 5.16 Å². The molecule has 1 aromatic heterocycles. The lowest BCUT2D eigenvalue weighted by atomic mass is 10.3. The highest BCUT2D eigenvalue weighted by atomic mass is 19.4. The molecule has 0 bridgehead atoms. The standard InChI is InChI=1S/C6H5F3N2O/c7-6(8,9)4-1-2-5(11-12)10-3-4/h1-3,12H,(H,10,11). The summed E-state index contributed by atoms with van der Waals surface area (Å²) >= 11 is 0. The van der Waals surface area contributed by atoms with Crippen molar-refractivity contribution < 1.29 is 18.4 Å². The topological polar surface area (TPSA) is 48.4 Å². The fourth-order valence-corrected chi connectivity index (χ4v) is 0.655. The van der Waals surface area contributed by atoms with Crippen molar-refractivity contribution in [3.05, 3.63) is 29.4 Å². The van der Waals surface area contributed by atoms with E-state index in [0.717, 1.165) is 18.3 Å². The Kier molecular flexibility index (Phi) is 2.07. The van der Waals surface area contributed by atoms with Gasteiger partial charge in [-0.2, -0.15) is 13.2 Å². The van der Waals surface area contributed by atoms with E-state index in [9.17, 15) is 13.2 Å². The Balaban J connectivity index is 3.09. The Morgan fingerprint density at radius 1 is 1.33 bits per heavy atom. The Labute approximate surface area is 65.2 Å². The van der Waals surface area contributed by atoms with E-state index >= 15 is 0 Å². The number of aromatic amines is 1. The predicted molar refractivity (Wildman–Crippen MR) is 33.1 cm³/mol. The van der Waals surface area contributed by atoms with Crippen LogP contribution in [0.5, 0.6) is 0 Å². The number of H-pyrrole nitrogens is 1. The number of rotatable bonds is 0. The summed E-state index contributed by atoms with van der Waals surface area (Å²) < 4.78 is 35.7. The van der Waals surface area contributed by atoms with Gasteiger partial charge >= 0.3 is 6.18 Å². The third kappa shape index (κ3) is 1.77. The Bertz CT molecular complexity index is 308. The van der Waals surface area contributed by atoms with Crippen LogP contribution in [0, 0.1) is 0 Å². The highest BCUT2D eigenvalue weighted by molar-refractivity contribution is 5.11. The van der Waals surface area contributed by atoms with Gasteiger partial charge in [-0.3, -0.25) is 0 Å². The van der Waals surface area contributed by atoms with Gasteiger partial charge in [-0.15, -0.1) is 0 Å². The quantitative estimate of drug-likeness (QED) is 0.456. The van der Waals surface area contributed by atoms with E-state index in [1.165, 1.54) is 0 Å². The van der Waals surface area contributed by atoms with Crippen LogP contribution in [0.15, 0.2) is 23.5 Å². The normalized spacial score (nSPS) is 13.4. The van der Waals surface area contributed by atoms with Gasteiger partial charge in [0.2, 0.25) is 0 Å². The molecule has 2 N–H and O–H groups in total. The molecule has 0 saturated heterocycles. The molecular weight excluding hydrogens is 173 g/mol. The monoisotopic (exact) mass is 178 g/mol. The highest BCUT2D eigenvalue weighted by Gasteiger charge is 2.30. The molecule has 12 heavy (non-hydrogen) atoms. The maximum atomic E-state index is 11.9. The van der Waals surface area contributed by atoms with E-state index in [0.29, 0.717) is 0 Å². The van der Waals surface area contributed by atoms with E-state index in [1.807, 2.05) is 0 Å². The van der Waals surface area contributed by atoms with E-state index in [-0.39, 0.29) is 5.49 Å². The van der Waals surface area contributed by atoms with E-state index < -0.39 is 11.7 Å². The predicted octanol–water partition coefficient (Wildman–Crippen LogP) is 1.32. The molecule has 0 amide bonds. The maximum Gasteiger partial charge on any atom is 0.417 e. The Morgan fingerprint density at radius 2 is 2.00 bits per heavy atom. The van der Waals surface area contributed by atoms with Gasteiger partial charge in [-0.25, -0.2) is 0 Å².